The number of nitrogens with one attached hydrogen (secondary N) is 1. The van der Waals surface area contributed by atoms with E-state index in [9.17, 15) is 9.90 Å². The molecular weight excluding hydrogens is 286 g/mol. The number of halogens is 1. The Kier molecular flexibility index (Phi) is 4.81. The Morgan fingerprint density at radius 1 is 1.47 bits per heavy atom. The fourth-order valence-corrected chi connectivity index (χ4v) is 1.36. The topological polar surface area (TPSA) is 58.6 Å². The van der Waals surface area contributed by atoms with Crippen LogP contribution in [0.5, 0.6) is 11.5 Å². The van der Waals surface area contributed by atoms with Crippen molar-refractivity contribution in [3.05, 3.63) is 18.2 Å². The molecule has 1 aromatic rings. The average Bonchev–Trinajstić information content (AvgIpc) is 2.30. The van der Waals surface area contributed by atoms with Gasteiger partial charge in [0.2, 0.25) is 5.91 Å². The fourth-order valence-electron chi connectivity index (χ4n) is 1.25. The number of methoxy groups -OCH3 is 1. The summed E-state index contributed by atoms with van der Waals surface area (Å²) >= 11 is 3.30. The van der Waals surface area contributed by atoms with E-state index in [-0.39, 0.29) is 22.4 Å². The predicted octanol–water partition coefficient (Wildman–Crippen LogP) is 2.76. The van der Waals surface area contributed by atoms with Crippen molar-refractivity contribution in [3.63, 3.8) is 0 Å². The van der Waals surface area contributed by atoms with Crippen LogP contribution >= 0.6 is 15.9 Å². The maximum Gasteiger partial charge on any atom is 0.238 e. The molecule has 0 bridgehead atoms. The molecule has 0 fully saturated rings. The molecule has 0 aliphatic rings. The smallest absolute Gasteiger partial charge is 0.238 e. The number of amides is 1. The Bertz CT molecular complexity index is 407. The van der Waals surface area contributed by atoms with Gasteiger partial charge in [0.15, 0.2) is 0 Å². The zero-order valence-corrected chi connectivity index (χ0v) is 11.6. The lowest BCUT2D eigenvalue weighted by Crippen LogP contribution is -2.27. The highest BCUT2D eigenvalue weighted by atomic mass is 79.9. The van der Waals surface area contributed by atoms with Crippen molar-refractivity contribution >= 4 is 27.5 Å². The second-order valence-corrected chi connectivity index (χ2v) is 5.00. The number of hydrogen-bond donors (Lipinski definition) is 2. The van der Waals surface area contributed by atoms with Crippen LogP contribution in [0.15, 0.2) is 18.2 Å². The number of alkyl halides is 1. The Morgan fingerprint density at radius 2 is 2.12 bits per heavy atom. The third-order valence-corrected chi connectivity index (χ3v) is 3.77. The van der Waals surface area contributed by atoms with Gasteiger partial charge >= 0.3 is 0 Å². The minimum absolute atomic E-state index is 0.0163. The highest BCUT2D eigenvalue weighted by Crippen LogP contribution is 2.28. The first kappa shape index (κ1) is 13.8. The van der Waals surface area contributed by atoms with Gasteiger partial charge in [-0.2, -0.15) is 0 Å². The zero-order chi connectivity index (χ0) is 13.0. The molecule has 0 spiro atoms. The molecule has 0 radical (unpaired) electrons. The highest BCUT2D eigenvalue weighted by molar-refractivity contribution is 9.10. The van der Waals surface area contributed by atoms with E-state index in [4.69, 9.17) is 4.74 Å². The summed E-state index contributed by atoms with van der Waals surface area (Å²) in [6.45, 7) is 3.87. The van der Waals surface area contributed by atoms with Gasteiger partial charge in [0.25, 0.3) is 0 Å². The van der Waals surface area contributed by atoms with Crippen LogP contribution in [-0.4, -0.2) is 23.0 Å². The van der Waals surface area contributed by atoms with Gasteiger partial charge in [-0.1, -0.05) is 29.8 Å². The second-order valence-electron chi connectivity index (χ2n) is 4.02. The quantitative estimate of drug-likeness (QED) is 0.664. The highest BCUT2D eigenvalue weighted by Gasteiger charge is 2.19. The molecule has 0 aromatic heterocycles. The fraction of sp³-hybridized carbons (Fsp3) is 0.417. The van der Waals surface area contributed by atoms with Gasteiger partial charge in [0.05, 0.1) is 17.6 Å². The number of carbonyl (C=O) groups is 1. The lowest BCUT2D eigenvalue weighted by molar-refractivity contribution is -0.116. The first-order valence-electron chi connectivity index (χ1n) is 5.27. The number of benzene rings is 1. The van der Waals surface area contributed by atoms with E-state index in [0.29, 0.717) is 11.4 Å². The summed E-state index contributed by atoms with van der Waals surface area (Å²) < 4.78 is 5.03. The van der Waals surface area contributed by atoms with E-state index < -0.39 is 0 Å². The monoisotopic (exact) mass is 301 g/mol. The van der Waals surface area contributed by atoms with E-state index >= 15 is 0 Å². The molecule has 5 heteroatoms. The first-order valence-corrected chi connectivity index (χ1v) is 6.19. The summed E-state index contributed by atoms with van der Waals surface area (Å²) in [6.07, 6.45) is 0. The zero-order valence-electron chi connectivity index (χ0n) is 10.0. The third-order valence-electron chi connectivity index (χ3n) is 2.30. The van der Waals surface area contributed by atoms with Crippen LogP contribution in [0, 0.1) is 5.92 Å². The first-order chi connectivity index (χ1) is 7.95. The molecular formula is C12H16BrNO3. The number of phenols is 1. The van der Waals surface area contributed by atoms with Crippen LogP contribution in [-0.2, 0) is 4.79 Å². The molecule has 0 aliphatic carbocycles. The Balaban J connectivity index is 2.84. The van der Waals surface area contributed by atoms with E-state index in [2.05, 4.69) is 21.2 Å². The van der Waals surface area contributed by atoms with Crippen LogP contribution in [0.1, 0.15) is 13.8 Å². The number of carbonyl (C=O) groups excluding carboxylic acids is 1. The van der Waals surface area contributed by atoms with Crippen molar-refractivity contribution in [1.29, 1.82) is 0 Å². The van der Waals surface area contributed by atoms with Crippen molar-refractivity contribution in [2.75, 3.05) is 12.4 Å². The number of hydrogen-bond acceptors (Lipinski definition) is 3. The van der Waals surface area contributed by atoms with E-state index in [1.165, 1.54) is 13.2 Å². The molecule has 0 saturated heterocycles. The summed E-state index contributed by atoms with van der Waals surface area (Å²) in [5.74, 6) is 0.572. The summed E-state index contributed by atoms with van der Waals surface area (Å²) in [7, 11) is 1.53. The minimum atomic E-state index is -0.298. The molecule has 2 N–H and O–H groups in total. The number of rotatable bonds is 4. The Morgan fingerprint density at radius 3 is 2.65 bits per heavy atom. The number of ether oxygens (including phenoxy) is 1. The van der Waals surface area contributed by atoms with Crippen LogP contribution in [0.2, 0.25) is 0 Å². The number of phenolic OH excluding ortho intramolecular Hbond substituents is 1. The molecule has 0 heterocycles. The van der Waals surface area contributed by atoms with Crippen molar-refractivity contribution < 1.29 is 14.6 Å². The van der Waals surface area contributed by atoms with Crippen molar-refractivity contribution in [2.24, 2.45) is 5.92 Å². The largest absolute Gasteiger partial charge is 0.506 e. The second kappa shape index (κ2) is 5.91. The molecule has 1 aromatic carbocycles. The van der Waals surface area contributed by atoms with Gasteiger partial charge in [-0.05, 0) is 18.1 Å². The van der Waals surface area contributed by atoms with Crippen LogP contribution < -0.4 is 10.1 Å². The average molecular weight is 302 g/mol. The maximum atomic E-state index is 11.8. The lowest BCUT2D eigenvalue weighted by atomic mass is 10.1. The SMILES string of the molecule is COc1ccc(O)c(NC(=O)C(Br)C(C)C)c1. The summed E-state index contributed by atoms with van der Waals surface area (Å²) in [6, 6.07) is 4.68. The summed E-state index contributed by atoms with van der Waals surface area (Å²) in [4.78, 5) is 11.5. The van der Waals surface area contributed by atoms with Crippen LogP contribution in [0.25, 0.3) is 0 Å². The lowest BCUT2D eigenvalue weighted by Gasteiger charge is -2.15. The number of anilines is 1. The third kappa shape index (κ3) is 3.63. The summed E-state index contributed by atoms with van der Waals surface area (Å²) in [5, 5.41) is 12.3. The summed E-state index contributed by atoms with van der Waals surface area (Å²) in [5.41, 5.74) is 0.347. The van der Waals surface area contributed by atoms with Crippen LogP contribution in [0.3, 0.4) is 0 Å². The van der Waals surface area contributed by atoms with Crippen molar-refractivity contribution in [3.8, 4) is 11.5 Å². The maximum absolute atomic E-state index is 11.8. The van der Waals surface area contributed by atoms with Gasteiger partial charge in [-0.25, -0.2) is 0 Å². The van der Waals surface area contributed by atoms with Gasteiger partial charge in [0, 0.05) is 6.07 Å². The molecule has 1 atom stereocenters. The molecule has 17 heavy (non-hydrogen) atoms. The standard InChI is InChI=1S/C12H16BrNO3/c1-7(2)11(13)12(16)14-9-6-8(17-3)4-5-10(9)15/h4-7,11,15H,1-3H3,(H,14,16). The molecule has 1 unspecified atom stereocenters. The normalized spacial score (nSPS) is 12.3. The van der Waals surface area contributed by atoms with Crippen molar-refractivity contribution in [2.45, 2.75) is 18.7 Å². The van der Waals surface area contributed by atoms with Gasteiger partial charge < -0.3 is 15.2 Å². The molecule has 94 valence electrons. The van der Waals surface area contributed by atoms with Gasteiger partial charge in [-0.3, -0.25) is 4.79 Å². The minimum Gasteiger partial charge on any atom is -0.506 e. The van der Waals surface area contributed by atoms with E-state index in [1.807, 2.05) is 13.8 Å². The molecule has 0 aliphatic heterocycles. The molecule has 1 amide bonds. The molecule has 4 nitrogen and oxygen atoms in total. The van der Waals surface area contributed by atoms with Gasteiger partial charge in [0.1, 0.15) is 11.5 Å². The molecule has 1 rings (SSSR count). The number of aromatic hydroxyl groups is 1. The van der Waals surface area contributed by atoms with Crippen LogP contribution in [0.4, 0.5) is 5.69 Å². The van der Waals surface area contributed by atoms with Gasteiger partial charge in [-0.15, -0.1) is 0 Å². The predicted molar refractivity (Wildman–Crippen MR) is 70.8 cm³/mol. The van der Waals surface area contributed by atoms with Crippen molar-refractivity contribution in [1.82, 2.24) is 0 Å². The molecule has 0 saturated carbocycles. The van der Waals surface area contributed by atoms with E-state index in [0.717, 1.165) is 0 Å². The Labute approximate surface area is 109 Å². The van der Waals surface area contributed by atoms with E-state index in [1.54, 1.807) is 12.1 Å². The Hall–Kier alpha value is -1.23.